The Morgan fingerprint density at radius 1 is 0.838 bits per heavy atom. The smallest absolute Gasteiger partial charge is 0.262 e. The summed E-state index contributed by atoms with van der Waals surface area (Å²) in [6, 6.07) is 21.3. The topological polar surface area (TPSA) is 127 Å². The molecular formula is C27H23N5O4S. The highest BCUT2D eigenvalue weighted by Gasteiger charge is 2.19. The minimum atomic E-state index is -3.93. The summed E-state index contributed by atoms with van der Waals surface area (Å²) in [5.41, 5.74) is 1.77. The Balaban J connectivity index is 1.70. The van der Waals surface area contributed by atoms with Crippen molar-refractivity contribution in [1.29, 1.82) is 0 Å². The fourth-order valence-corrected chi connectivity index (χ4v) is 4.99. The Bertz CT molecular complexity index is 1830. The molecule has 37 heavy (non-hydrogen) atoms. The third-order valence-electron chi connectivity index (χ3n) is 5.77. The van der Waals surface area contributed by atoms with E-state index in [4.69, 9.17) is 4.98 Å². The average molecular weight is 514 g/mol. The molecule has 0 aliphatic heterocycles. The summed E-state index contributed by atoms with van der Waals surface area (Å²) in [5, 5.41) is 0. The van der Waals surface area contributed by atoms with E-state index < -0.39 is 15.5 Å². The molecule has 0 radical (unpaired) electrons. The van der Waals surface area contributed by atoms with E-state index in [-0.39, 0.29) is 33.5 Å². The van der Waals surface area contributed by atoms with Gasteiger partial charge in [-0.1, -0.05) is 48.5 Å². The highest BCUT2D eigenvalue weighted by atomic mass is 32.2. The fourth-order valence-electron chi connectivity index (χ4n) is 3.96. The van der Waals surface area contributed by atoms with Crippen LogP contribution >= 0.6 is 0 Å². The number of pyridine rings is 2. The number of fused-ring (bicyclic) bond motifs is 1. The van der Waals surface area contributed by atoms with E-state index in [0.717, 1.165) is 11.6 Å². The van der Waals surface area contributed by atoms with Gasteiger partial charge in [0.1, 0.15) is 5.82 Å². The Labute approximate surface area is 212 Å². The lowest BCUT2D eigenvalue weighted by molar-refractivity contribution is 0.579. The number of hydrogen-bond donors (Lipinski definition) is 2. The summed E-state index contributed by atoms with van der Waals surface area (Å²) < 4.78 is 29.6. The molecule has 0 saturated heterocycles. The van der Waals surface area contributed by atoms with Crippen molar-refractivity contribution in [2.75, 3.05) is 4.72 Å². The number of rotatable bonds is 6. The summed E-state index contributed by atoms with van der Waals surface area (Å²) in [5.74, 6) is -0.0317. The number of sulfonamides is 1. The molecule has 5 rings (SSSR count). The molecule has 0 unspecified atom stereocenters. The summed E-state index contributed by atoms with van der Waals surface area (Å²) in [6.07, 6.45) is 1.70. The van der Waals surface area contributed by atoms with Crippen molar-refractivity contribution in [2.45, 2.75) is 24.8 Å². The molecular weight excluding hydrogens is 490 g/mol. The van der Waals surface area contributed by atoms with E-state index in [9.17, 15) is 18.0 Å². The van der Waals surface area contributed by atoms with Crippen molar-refractivity contribution in [1.82, 2.24) is 19.5 Å². The van der Waals surface area contributed by atoms with Crippen LogP contribution in [0, 0.1) is 0 Å². The maximum Gasteiger partial charge on any atom is 0.262 e. The molecule has 0 atom stereocenters. The Kier molecular flexibility index (Phi) is 6.18. The van der Waals surface area contributed by atoms with Crippen LogP contribution in [0.3, 0.4) is 0 Å². The molecule has 10 heteroatoms. The summed E-state index contributed by atoms with van der Waals surface area (Å²) >= 11 is 0. The van der Waals surface area contributed by atoms with Gasteiger partial charge >= 0.3 is 0 Å². The second-order valence-electron chi connectivity index (χ2n) is 8.71. The minimum Gasteiger partial charge on any atom is -0.324 e. The van der Waals surface area contributed by atoms with Gasteiger partial charge in [-0.15, -0.1) is 0 Å². The van der Waals surface area contributed by atoms with Gasteiger partial charge in [-0.3, -0.25) is 14.3 Å². The molecule has 0 saturated carbocycles. The van der Waals surface area contributed by atoms with E-state index in [0.29, 0.717) is 17.0 Å². The second-order valence-corrected chi connectivity index (χ2v) is 10.4. The number of anilines is 1. The van der Waals surface area contributed by atoms with Crippen LogP contribution in [0.5, 0.6) is 0 Å². The van der Waals surface area contributed by atoms with Gasteiger partial charge in [-0.05, 0) is 32.0 Å². The number of benzene rings is 2. The molecule has 0 bridgehead atoms. The van der Waals surface area contributed by atoms with Gasteiger partial charge in [0.05, 0.1) is 16.3 Å². The zero-order chi connectivity index (χ0) is 26.2. The molecule has 0 amide bonds. The number of aromatic nitrogens is 4. The maximum absolute atomic E-state index is 13.1. The quantitative estimate of drug-likeness (QED) is 0.350. The molecule has 2 N–H and O–H groups in total. The van der Waals surface area contributed by atoms with Crippen LogP contribution in [-0.2, 0) is 10.0 Å². The Hall–Kier alpha value is -4.57. The largest absolute Gasteiger partial charge is 0.324 e. The van der Waals surface area contributed by atoms with Gasteiger partial charge in [-0.25, -0.2) is 18.4 Å². The first-order valence-electron chi connectivity index (χ1n) is 11.5. The Morgan fingerprint density at radius 3 is 2.16 bits per heavy atom. The molecule has 0 aliphatic rings. The number of H-pyrrole nitrogens is 1. The maximum atomic E-state index is 13.1. The first-order valence-corrected chi connectivity index (χ1v) is 13.0. The van der Waals surface area contributed by atoms with Gasteiger partial charge in [-0.2, -0.15) is 0 Å². The Morgan fingerprint density at radius 2 is 1.49 bits per heavy atom. The lowest BCUT2D eigenvalue weighted by atomic mass is 10.0. The molecule has 0 fully saturated rings. The van der Waals surface area contributed by atoms with Crippen molar-refractivity contribution in [3.8, 4) is 22.5 Å². The van der Waals surface area contributed by atoms with Crippen LogP contribution in [0.15, 0.2) is 99.5 Å². The van der Waals surface area contributed by atoms with Crippen molar-refractivity contribution in [2.24, 2.45) is 0 Å². The van der Waals surface area contributed by atoms with Crippen LogP contribution in [-0.4, -0.2) is 27.9 Å². The van der Waals surface area contributed by atoms with Crippen molar-refractivity contribution >= 4 is 27.0 Å². The van der Waals surface area contributed by atoms with Crippen molar-refractivity contribution in [3.63, 3.8) is 0 Å². The summed E-state index contributed by atoms with van der Waals surface area (Å²) in [6.45, 7) is 3.80. The monoisotopic (exact) mass is 513 g/mol. The zero-order valence-electron chi connectivity index (χ0n) is 20.0. The van der Waals surface area contributed by atoms with Gasteiger partial charge < -0.3 is 9.55 Å². The first kappa shape index (κ1) is 24.1. The van der Waals surface area contributed by atoms with Crippen molar-refractivity contribution < 1.29 is 8.42 Å². The molecule has 5 aromatic rings. The van der Waals surface area contributed by atoms with Crippen LogP contribution < -0.4 is 15.7 Å². The first-order chi connectivity index (χ1) is 17.7. The van der Waals surface area contributed by atoms with Crippen molar-refractivity contribution in [3.05, 3.63) is 106 Å². The molecule has 0 aliphatic carbocycles. The van der Waals surface area contributed by atoms with E-state index in [1.807, 2.05) is 44.2 Å². The summed E-state index contributed by atoms with van der Waals surface area (Å²) in [4.78, 5) is 37.7. The van der Waals surface area contributed by atoms with Crippen LogP contribution in [0.4, 0.5) is 5.82 Å². The second kappa shape index (κ2) is 9.47. The van der Waals surface area contributed by atoms with Crippen LogP contribution in [0.1, 0.15) is 19.9 Å². The predicted octanol–water partition coefficient (Wildman–Crippen LogP) is 4.20. The van der Waals surface area contributed by atoms with Crippen LogP contribution in [0.25, 0.3) is 33.7 Å². The normalized spacial score (nSPS) is 11.6. The third-order valence-corrected chi connectivity index (χ3v) is 7.15. The van der Waals surface area contributed by atoms with E-state index in [2.05, 4.69) is 14.7 Å². The number of nitrogens with one attached hydrogen (secondary N) is 2. The van der Waals surface area contributed by atoms with Gasteiger partial charge in [0, 0.05) is 35.5 Å². The number of aromatic amines is 1. The van der Waals surface area contributed by atoms with Gasteiger partial charge in [0.25, 0.3) is 15.6 Å². The SMILES string of the molecule is CC(C)n1cc(-c2nc3c(=O)cc(NS(=O)(=O)c4ccccc4)[nH]c3nc2-c2ccccc2)ccc1=O. The highest BCUT2D eigenvalue weighted by Crippen LogP contribution is 2.30. The molecule has 9 nitrogen and oxygen atoms in total. The fraction of sp³-hybridized carbons (Fsp3) is 0.111. The minimum absolute atomic E-state index is 0.0317. The molecule has 2 aromatic carbocycles. The van der Waals surface area contributed by atoms with E-state index >= 15 is 0 Å². The summed E-state index contributed by atoms with van der Waals surface area (Å²) in [7, 11) is -3.93. The standard InChI is InChI=1S/C27H23N5O4S/c1-17(2)32-16-19(13-14-23(32)34)25-24(18-9-5-3-6-10-18)30-27-26(29-25)21(33)15-22(28-27)31-37(35,36)20-11-7-4-8-12-20/h3-17H,1-2H3,(H2,28,30,31,33). The molecule has 186 valence electrons. The third kappa shape index (κ3) is 4.78. The lowest BCUT2D eigenvalue weighted by Crippen LogP contribution is -2.20. The highest BCUT2D eigenvalue weighted by molar-refractivity contribution is 7.92. The number of nitrogens with zero attached hydrogens (tertiary/aromatic N) is 3. The lowest BCUT2D eigenvalue weighted by Gasteiger charge is -2.14. The van der Waals surface area contributed by atoms with Gasteiger partial charge in [0.2, 0.25) is 5.43 Å². The average Bonchev–Trinajstić information content (AvgIpc) is 2.89. The molecule has 3 heterocycles. The zero-order valence-corrected chi connectivity index (χ0v) is 20.9. The van der Waals surface area contributed by atoms with E-state index in [1.165, 1.54) is 18.2 Å². The number of hydrogen-bond acceptors (Lipinski definition) is 6. The van der Waals surface area contributed by atoms with E-state index in [1.54, 1.807) is 35.0 Å². The van der Waals surface area contributed by atoms with Crippen LogP contribution in [0.2, 0.25) is 0 Å². The predicted molar refractivity (Wildman–Crippen MR) is 143 cm³/mol. The van der Waals surface area contributed by atoms with Gasteiger partial charge in [0.15, 0.2) is 11.2 Å². The molecule has 0 spiro atoms. The molecule has 3 aromatic heterocycles.